The van der Waals surface area contributed by atoms with Gasteiger partial charge in [0.15, 0.2) is 0 Å². The van der Waals surface area contributed by atoms with Crippen molar-refractivity contribution >= 4 is 17.5 Å². The first-order valence-corrected chi connectivity index (χ1v) is 5.88. The summed E-state index contributed by atoms with van der Waals surface area (Å²) in [6, 6.07) is 9.55. The first kappa shape index (κ1) is 12.8. The second kappa shape index (κ2) is 6.31. The monoisotopic (exact) mass is 254 g/mol. The molecule has 6 heteroatoms. The van der Waals surface area contributed by atoms with Crippen molar-refractivity contribution in [2.75, 3.05) is 23.8 Å². The number of aromatic nitrogens is 3. The molecule has 0 radical (unpaired) electrons. The molecule has 0 saturated heterocycles. The third kappa shape index (κ3) is 3.64. The molecule has 0 bridgehead atoms. The Labute approximate surface area is 111 Å². The van der Waals surface area contributed by atoms with Crippen LogP contribution in [-0.2, 0) is 0 Å². The number of hydrogen-bond acceptors (Lipinski definition) is 6. The van der Waals surface area contributed by atoms with E-state index in [9.17, 15) is 0 Å². The van der Waals surface area contributed by atoms with Gasteiger partial charge in [-0.3, -0.25) is 0 Å². The summed E-state index contributed by atoms with van der Waals surface area (Å²) in [4.78, 5) is 14.4. The van der Waals surface area contributed by atoms with Crippen molar-refractivity contribution in [1.82, 2.24) is 15.0 Å². The van der Waals surface area contributed by atoms with E-state index in [1.807, 2.05) is 36.2 Å². The molecule has 2 heterocycles. The van der Waals surface area contributed by atoms with Crippen LogP contribution in [0.2, 0.25) is 0 Å². The fourth-order valence-electron chi connectivity index (χ4n) is 1.52. The molecule has 96 valence electrons. The minimum Gasteiger partial charge on any atom is -0.358 e. The lowest BCUT2D eigenvalue weighted by Gasteiger charge is -2.16. The Bertz CT molecular complexity index is 563. The van der Waals surface area contributed by atoms with Gasteiger partial charge in [0, 0.05) is 25.9 Å². The van der Waals surface area contributed by atoms with Crippen LogP contribution < -0.4 is 10.2 Å². The largest absolute Gasteiger partial charge is 0.358 e. The molecule has 0 amide bonds. The third-order valence-corrected chi connectivity index (χ3v) is 2.52. The highest BCUT2D eigenvalue weighted by Crippen LogP contribution is 2.16. The van der Waals surface area contributed by atoms with Crippen molar-refractivity contribution in [3.63, 3.8) is 0 Å². The summed E-state index contributed by atoms with van der Waals surface area (Å²) in [7, 11) is 1.89. The maximum atomic E-state index is 8.58. The molecule has 2 aromatic heterocycles. The topological polar surface area (TPSA) is 77.7 Å². The van der Waals surface area contributed by atoms with Gasteiger partial charge in [-0.15, -0.1) is 0 Å². The van der Waals surface area contributed by atoms with E-state index in [0.717, 1.165) is 11.6 Å². The van der Waals surface area contributed by atoms with Crippen molar-refractivity contribution in [3.05, 3.63) is 36.8 Å². The van der Waals surface area contributed by atoms with E-state index >= 15 is 0 Å². The van der Waals surface area contributed by atoms with Crippen LogP contribution in [0, 0.1) is 11.3 Å². The molecular formula is C13H14N6. The van der Waals surface area contributed by atoms with Crippen molar-refractivity contribution in [2.24, 2.45) is 0 Å². The summed E-state index contributed by atoms with van der Waals surface area (Å²) in [6.07, 6.45) is 3.66. The fourth-order valence-corrected chi connectivity index (χ4v) is 1.52. The standard InChI is InChI=1S/C13H14N6/c1-19(8-4-6-14)13-9-12(16-10-17-13)18-11-5-2-3-7-15-11/h2-3,5,7,9-10H,4,8H2,1H3,(H,15,16,17,18). The highest BCUT2D eigenvalue weighted by molar-refractivity contribution is 5.55. The average Bonchev–Trinajstić information content (AvgIpc) is 2.46. The number of nitrogens with zero attached hydrogens (tertiary/aromatic N) is 5. The fraction of sp³-hybridized carbons (Fsp3) is 0.231. The zero-order chi connectivity index (χ0) is 13.5. The predicted octanol–water partition coefficient (Wildman–Crippen LogP) is 1.97. The number of rotatable bonds is 5. The summed E-state index contributed by atoms with van der Waals surface area (Å²) >= 11 is 0. The van der Waals surface area contributed by atoms with Gasteiger partial charge in [-0.2, -0.15) is 5.26 Å². The van der Waals surface area contributed by atoms with E-state index in [4.69, 9.17) is 5.26 Å². The number of pyridine rings is 1. The minimum absolute atomic E-state index is 0.462. The number of anilines is 3. The van der Waals surface area contributed by atoms with Crippen LogP contribution in [0.15, 0.2) is 36.8 Å². The van der Waals surface area contributed by atoms with Gasteiger partial charge in [-0.05, 0) is 12.1 Å². The Morgan fingerprint density at radius 3 is 2.89 bits per heavy atom. The Morgan fingerprint density at radius 1 is 1.26 bits per heavy atom. The van der Waals surface area contributed by atoms with Gasteiger partial charge in [0.2, 0.25) is 0 Å². The van der Waals surface area contributed by atoms with Gasteiger partial charge >= 0.3 is 0 Å². The molecule has 0 spiro atoms. The molecule has 0 atom stereocenters. The summed E-state index contributed by atoms with van der Waals surface area (Å²) in [6.45, 7) is 0.635. The Morgan fingerprint density at radius 2 is 2.16 bits per heavy atom. The summed E-state index contributed by atoms with van der Waals surface area (Å²) < 4.78 is 0. The average molecular weight is 254 g/mol. The Hall–Kier alpha value is -2.68. The molecule has 2 rings (SSSR count). The SMILES string of the molecule is CN(CCC#N)c1cc(Nc2ccccn2)ncn1. The quantitative estimate of drug-likeness (QED) is 0.878. The van der Waals surface area contributed by atoms with E-state index in [1.54, 1.807) is 6.20 Å². The van der Waals surface area contributed by atoms with Crippen LogP contribution in [0.5, 0.6) is 0 Å². The third-order valence-electron chi connectivity index (χ3n) is 2.52. The van der Waals surface area contributed by atoms with Crippen LogP contribution >= 0.6 is 0 Å². The molecule has 0 unspecified atom stereocenters. The van der Waals surface area contributed by atoms with Crippen molar-refractivity contribution < 1.29 is 0 Å². The smallest absolute Gasteiger partial charge is 0.137 e. The lowest BCUT2D eigenvalue weighted by Crippen LogP contribution is -2.19. The molecule has 0 aliphatic carbocycles. The highest BCUT2D eigenvalue weighted by atomic mass is 15.2. The Balaban J connectivity index is 2.09. The number of nitrogens with one attached hydrogen (secondary N) is 1. The first-order valence-electron chi connectivity index (χ1n) is 5.88. The van der Waals surface area contributed by atoms with Gasteiger partial charge in [0.05, 0.1) is 12.5 Å². The molecule has 2 aromatic rings. The molecule has 1 N–H and O–H groups in total. The van der Waals surface area contributed by atoms with Gasteiger partial charge in [0.25, 0.3) is 0 Å². The van der Waals surface area contributed by atoms with E-state index < -0.39 is 0 Å². The molecule has 0 saturated carbocycles. The van der Waals surface area contributed by atoms with Gasteiger partial charge < -0.3 is 10.2 Å². The molecular weight excluding hydrogens is 240 g/mol. The second-order valence-electron chi connectivity index (χ2n) is 3.93. The predicted molar refractivity (Wildman–Crippen MR) is 73.1 cm³/mol. The Kier molecular flexibility index (Phi) is 4.24. The maximum absolute atomic E-state index is 8.58. The molecule has 0 fully saturated rings. The molecule has 0 aliphatic heterocycles. The lowest BCUT2D eigenvalue weighted by molar-refractivity contribution is 0.880. The number of nitriles is 1. The number of hydrogen-bond donors (Lipinski definition) is 1. The first-order chi connectivity index (χ1) is 9.29. The zero-order valence-corrected chi connectivity index (χ0v) is 10.6. The maximum Gasteiger partial charge on any atom is 0.137 e. The molecule has 0 aliphatic rings. The van der Waals surface area contributed by atoms with E-state index in [-0.39, 0.29) is 0 Å². The van der Waals surface area contributed by atoms with Gasteiger partial charge in [0.1, 0.15) is 23.8 Å². The highest BCUT2D eigenvalue weighted by Gasteiger charge is 2.04. The van der Waals surface area contributed by atoms with Gasteiger partial charge in [-0.25, -0.2) is 15.0 Å². The summed E-state index contributed by atoms with van der Waals surface area (Å²) in [5.41, 5.74) is 0. The molecule has 19 heavy (non-hydrogen) atoms. The molecule has 0 aromatic carbocycles. The van der Waals surface area contributed by atoms with Crippen LogP contribution in [0.25, 0.3) is 0 Å². The van der Waals surface area contributed by atoms with E-state index in [0.29, 0.717) is 18.8 Å². The minimum atomic E-state index is 0.462. The summed E-state index contributed by atoms with van der Waals surface area (Å²) in [5.74, 6) is 2.17. The zero-order valence-electron chi connectivity index (χ0n) is 10.6. The van der Waals surface area contributed by atoms with Crippen LogP contribution in [-0.4, -0.2) is 28.5 Å². The van der Waals surface area contributed by atoms with Gasteiger partial charge in [-0.1, -0.05) is 6.07 Å². The van der Waals surface area contributed by atoms with E-state index in [2.05, 4.69) is 26.3 Å². The van der Waals surface area contributed by atoms with Crippen LogP contribution in [0.3, 0.4) is 0 Å². The normalized spacial score (nSPS) is 9.68. The second-order valence-corrected chi connectivity index (χ2v) is 3.93. The van der Waals surface area contributed by atoms with Crippen LogP contribution in [0.1, 0.15) is 6.42 Å². The van der Waals surface area contributed by atoms with Crippen molar-refractivity contribution in [2.45, 2.75) is 6.42 Å². The molecule has 6 nitrogen and oxygen atoms in total. The van der Waals surface area contributed by atoms with Crippen LogP contribution in [0.4, 0.5) is 17.5 Å². The summed E-state index contributed by atoms with van der Waals surface area (Å²) in [5, 5.41) is 11.7. The van der Waals surface area contributed by atoms with Crippen molar-refractivity contribution in [1.29, 1.82) is 5.26 Å². The lowest BCUT2D eigenvalue weighted by atomic mass is 10.4. The van der Waals surface area contributed by atoms with Crippen molar-refractivity contribution in [3.8, 4) is 6.07 Å². The van der Waals surface area contributed by atoms with E-state index in [1.165, 1.54) is 6.33 Å².